The zero-order valence-corrected chi connectivity index (χ0v) is 23.0. The summed E-state index contributed by atoms with van der Waals surface area (Å²) in [6, 6.07) is 0. The second-order valence-electron chi connectivity index (χ2n) is 8.75. The quantitative estimate of drug-likeness (QED) is 0.149. The van der Waals surface area contributed by atoms with Crippen LogP contribution in [-0.2, 0) is 17.8 Å². The molecule has 2 N–H and O–H groups in total. The van der Waals surface area contributed by atoms with E-state index in [0.717, 1.165) is 68.6 Å². The van der Waals surface area contributed by atoms with Crippen molar-refractivity contribution in [1.82, 2.24) is 30.3 Å². The Morgan fingerprint density at radius 2 is 1.94 bits per heavy atom. The Labute approximate surface area is 208 Å². The highest BCUT2D eigenvalue weighted by atomic mass is 127. The molecule has 1 aliphatic carbocycles. The molecule has 178 valence electrons. The summed E-state index contributed by atoms with van der Waals surface area (Å²) < 4.78 is 2.24. The molecule has 8 nitrogen and oxygen atoms in total. The number of hydrogen-bond acceptors (Lipinski definition) is 5. The molecular formula is C21H40IN7OS. The van der Waals surface area contributed by atoms with Crippen LogP contribution in [-0.4, -0.2) is 72.0 Å². The number of amides is 1. The van der Waals surface area contributed by atoms with Crippen molar-refractivity contribution in [3.8, 4) is 0 Å². The topological polar surface area (TPSA) is 87.4 Å². The monoisotopic (exact) mass is 565 g/mol. The fraction of sp³-hybridized carbons (Fsp3) is 0.810. The second-order valence-corrected chi connectivity index (χ2v) is 9.52. The van der Waals surface area contributed by atoms with Gasteiger partial charge in [-0.2, -0.15) is 0 Å². The zero-order valence-electron chi connectivity index (χ0n) is 19.9. The van der Waals surface area contributed by atoms with Crippen LogP contribution in [0.3, 0.4) is 0 Å². The number of halogens is 1. The molecule has 1 amide bonds. The Morgan fingerprint density at radius 1 is 1.26 bits per heavy atom. The highest BCUT2D eigenvalue weighted by Crippen LogP contribution is 2.38. The maximum Gasteiger partial charge on any atom is 0.230 e. The first-order valence-electron chi connectivity index (χ1n) is 11.0. The van der Waals surface area contributed by atoms with E-state index in [1.807, 2.05) is 20.4 Å². The van der Waals surface area contributed by atoms with E-state index < -0.39 is 0 Å². The van der Waals surface area contributed by atoms with Gasteiger partial charge in [0, 0.05) is 47.2 Å². The third-order valence-electron chi connectivity index (χ3n) is 5.63. The van der Waals surface area contributed by atoms with E-state index in [9.17, 15) is 4.79 Å². The van der Waals surface area contributed by atoms with Crippen LogP contribution in [0.5, 0.6) is 0 Å². The van der Waals surface area contributed by atoms with Crippen LogP contribution in [0.25, 0.3) is 0 Å². The summed E-state index contributed by atoms with van der Waals surface area (Å²) in [4.78, 5) is 18.8. The van der Waals surface area contributed by atoms with E-state index in [1.54, 1.807) is 23.7 Å². The van der Waals surface area contributed by atoms with E-state index in [-0.39, 0.29) is 35.3 Å². The standard InChI is InChI=1S/C21H39N7OS.HI/c1-16(2)14-28-17(25-26-20(28)30-6)10-9-13-23-19(22-3)24-15-21(11-7-8-12-21)18(29)27(4)5;/h16H,7-15H2,1-6H3,(H2,22,23,24);1H. The number of carbonyl (C=O) groups excluding carboxylic acids is 1. The largest absolute Gasteiger partial charge is 0.356 e. The number of nitrogens with one attached hydrogen (secondary N) is 2. The number of aryl methyl sites for hydroxylation is 1. The van der Waals surface area contributed by atoms with E-state index in [1.165, 1.54) is 0 Å². The molecule has 0 spiro atoms. The molecule has 0 saturated heterocycles. The van der Waals surface area contributed by atoms with Crippen molar-refractivity contribution in [2.45, 2.75) is 64.1 Å². The van der Waals surface area contributed by atoms with E-state index in [2.05, 4.69) is 44.2 Å². The molecule has 0 aliphatic heterocycles. The van der Waals surface area contributed by atoms with Crippen LogP contribution in [0.4, 0.5) is 0 Å². The van der Waals surface area contributed by atoms with Gasteiger partial charge < -0.3 is 20.1 Å². The molecule has 1 heterocycles. The Kier molecular flexibility index (Phi) is 12.2. The minimum Gasteiger partial charge on any atom is -0.356 e. The molecule has 0 atom stereocenters. The van der Waals surface area contributed by atoms with Crippen LogP contribution < -0.4 is 10.6 Å². The van der Waals surface area contributed by atoms with Crippen LogP contribution in [0.15, 0.2) is 10.1 Å². The number of rotatable bonds is 10. The number of carbonyl (C=O) groups is 1. The third kappa shape index (κ3) is 7.80. The maximum atomic E-state index is 12.7. The van der Waals surface area contributed by atoms with Crippen LogP contribution in [0.2, 0.25) is 0 Å². The van der Waals surface area contributed by atoms with Gasteiger partial charge >= 0.3 is 0 Å². The molecule has 0 bridgehead atoms. The molecule has 2 rings (SSSR count). The Hall–Kier alpha value is -1.04. The van der Waals surface area contributed by atoms with Gasteiger partial charge in [-0.1, -0.05) is 38.5 Å². The van der Waals surface area contributed by atoms with Gasteiger partial charge in [-0.3, -0.25) is 9.79 Å². The van der Waals surface area contributed by atoms with Crippen molar-refractivity contribution in [1.29, 1.82) is 0 Å². The van der Waals surface area contributed by atoms with Crippen LogP contribution in [0, 0.1) is 11.3 Å². The number of aliphatic imine (C=N–C) groups is 1. The molecule has 10 heteroatoms. The first-order valence-corrected chi connectivity index (χ1v) is 12.2. The molecule has 1 fully saturated rings. The molecule has 1 aliphatic rings. The van der Waals surface area contributed by atoms with Gasteiger partial charge in [0.05, 0.1) is 5.41 Å². The van der Waals surface area contributed by atoms with Crippen molar-refractivity contribution in [2.24, 2.45) is 16.3 Å². The van der Waals surface area contributed by atoms with E-state index >= 15 is 0 Å². The SMILES string of the molecule is CN=C(NCCCc1nnc(SC)n1CC(C)C)NCC1(C(=O)N(C)C)CCCC1.I. The molecular weight excluding hydrogens is 525 g/mol. The van der Waals surface area contributed by atoms with Crippen molar-refractivity contribution in [3.05, 3.63) is 5.82 Å². The lowest BCUT2D eigenvalue weighted by atomic mass is 9.84. The predicted octanol–water partition coefficient (Wildman–Crippen LogP) is 3.02. The van der Waals surface area contributed by atoms with Crippen molar-refractivity contribution >= 4 is 47.6 Å². The summed E-state index contributed by atoms with van der Waals surface area (Å²) in [7, 11) is 5.46. The van der Waals surface area contributed by atoms with Gasteiger partial charge in [0.1, 0.15) is 5.82 Å². The average molecular weight is 566 g/mol. The lowest BCUT2D eigenvalue weighted by Crippen LogP contribution is -2.49. The van der Waals surface area contributed by atoms with Gasteiger partial charge in [-0.05, 0) is 31.4 Å². The van der Waals surface area contributed by atoms with Gasteiger partial charge in [-0.25, -0.2) is 0 Å². The first-order chi connectivity index (χ1) is 14.3. The Bertz CT molecular complexity index is 715. The minimum atomic E-state index is -0.303. The van der Waals surface area contributed by atoms with Gasteiger partial charge in [0.2, 0.25) is 5.91 Å². The lowest BCUT2D eigenvalue weighted by molar-refractivity contribution is -0.138. The van der Waals surface area contributed by atoms with Crippen molar-refractivity contribution < 1.29 is 4.79 Å². The highest BCUT2D eigenvalue weighted by molar-refractivity contribution is 14.0. The third-order valence-corrected chi connectivity index (χ3v) is 6.30. The summed E-state index contributed by atoms with van der Waals surface area (Å²) in [6.07, 6.45) is 7.96. The average Bonchev–Trinajstić information content (AvgIpc) is 3.34. The molecule has 1 aromatic heterocycles. The van der Waals surface area contributed by atoms with Crippen LogP contribution in [0.1, 0.15) is 51.8 Å². The molecule has 0 radical (unpaired) electrons. The molecule has 0 aromatic carbocycles. The number of nitrogens with zero attached hydrogens (tertiary/aromatic N) is 5. The maximum absolute atomic E-state index is 12.7. The minimum absolute atomic E-state index is 0. The van der Waals surface area contributed by atoms with Gasteiger partial charge in [0.25, 0.3) is 0 Å². The van der Waals surface area contributed by atoms with Crippen molar-refractivity contribution in [2.75, 3.05) is 40.5 Å². The summed E-state index contributed by atoms with van der Waals surface area (Å²) in [5.74, 6) is 2.57. The summed E-state index contributed by atoms with van der Waals surface area (Å²) in [6.45, 7) is 6.78. The van der Waals surface area contributed by atoms with Gasteiger partial charge in [-0.15, -0.1) is 34.2 Å². The Balaban J connectivity index is 0.00000480. The van der Waals surface area contributed by atoms with Crippen LogP contribution >= 0.6 is 35.7 Å². The second kappa shape index (κ2) is 13.5. The number of thioether (sulfide) groups is 1. The number of guanidine groups is 1. The normalized spacial score (nSPS) is 15.6. The lowest BCUT2D eigenvalue weighted by Gasteiger charge is -2.31. The predicted molar refractivity (Wildman–Crippen MR) is 139 cm³/mol. The molecule has 1 saturated carbocycles. The fourth-order valence-electron chi connectivity index (χ4n) is 4.12. The fourth-order valence-corrected chi connectivity index (χ4v) is 4.65. The van der Waals surface area contributed by atoms with Gasteiger partial charge in [0.15, 0.2) is 11.1 Å². The van der Waals surface area contributed by atoms with E-state index in [4.69, 9.17) is 0 Å². The number of hydrogen-bond donors (Lipinski definition) is 2. The molecule has 1 aromatic rings. The molecule has 31 heavy (non-hydrogen) atoms. The van der Waals surface area contributed by atoms with Crippen molar-refractivity contribution in [3.63, 3.8) is 0 Å². The smallest absolute Gasteiger partial charge is 0.230 e. The molecule has 0 unspecified atom stereocenters. The highest BCUT2D eigenvalue weighted by Gasteiger charge is 2.42. The summed E-state index contributed by atoms with van der Waals surface area (Å²) >= 11 is 1.64. The zero-order chi connectivity index (χ0) is 22.1. The Morgan fingerprint density at radius 3 is 2.48 bits per heavy atom. The number of aromatic nitrogens is 3. The summed E-state index contributed by atoms with van der Waals surface area (Å²) in [5.41, 5.74) is -0.303. The summed E-state index contributed by atoms with van der Waals surface area (Å²) in [5, 5.41) is 16.5. The van der Waals surface area contributed by atoms with E-state index in [0.29, 0.717) is 12.5 Å². The first kappa shape index (κ1) is 28.0.